The van der Waals surface area contributed by atoms with Crippen molar-refractivity contribution in [2.75, 3.05) is 13.1 Å². The van der Waals surface area contributed by atoms with Crippen LogP contribution in [0.3, 0.4) is 0 Å². The number of carboxylic acid groups (broad SMARTS) is 1. The average molecular weight is 331 g/mol. The van der Waals surface area contributed by atoms with Crippen LogP contribution < -0.4 is 5.73 Å². The van der Waals surface area contributed by atoms with Crippen molar-refractivity contribution in [1.29, 1.82) is 0 Å². The summed E-state index contributed by atoms with van der Waals surface area (Å²) in [7, 11) is 0. The van der Waals surface area contributed by atoms with Crippen molar-refractivity contribution in [3.63, 3.8) is 0 Å². The van der Waals surface area contributed by atoms with Crippen molar-refractivity contribution >= 4 is 27.8 Å². The van der Waals surface area contributed by atoms with Crippen LogP contribution >= 0.6 is 15.9 Å². The number of halogens is 2. The molecule has 1 aromatic carbocycles. The molecule has 0 bridgehead atoms. The largest absolute Gasteiger partial charge is 0.480 e. The number of aliphatic carboxylic acids is 1. The first kappa shape index (κ1) is 14.0. The molecule has 102 valence electrons. The zero-order valence-electron chi connectivity index (χ0n) is 9.90. The Morgan fingerprint density at radius 2 is 2.16 bits per heavy atom. The number of hydrogen-bond donors (Lipinski definition) is 2. The monoisotopic (exact) mass is 330 g/mol. The maximum absolute atomic E-state index is 13.7. The summed E-state index contributed by atoms with van der Waals surface area (Å²) >= 11 is 3.10. The fourth-order valence-electron chi connectivity index (χ4n) is 2.01. The van der Waals surface area contributed by atoms with Crippen molar-refractivity contribution in [3.05, 3.63) is 34.1 Å². The lowest BCUT2D eigenvalue weighted by Gasteiger charge is -2.20. The Balaban J connectivity index is 2.20. The molecule has 1 aromatic rings. The molecule has 0 saturated carbocycles. The van der Waals surface area contributed by atoms with Crippen molar-refractivity contribution in [2.45, 2.75) is 12.0 Å². The zero-order chi connectivity index (χ0) is 14.2. The normalized spacial score (nSPS) is 22.6. The number of nitrogens with zero attached hydrogens (tertiary/aromatic N) is 1. The molecule has 3 N–H and O–H groups in total. The van der Waals surface area contributed by atoms with Gasteiger partial charge in [0.25, 0.3) is 5.91 Å². The number of benzene rings is 1. The molecule has 0 spiro atoms. The van der Waals surface area contributed by atoms with E-state index in [1.54, 1.807) is 6.07 Å². The van der Waals surface area contributed by atoms with E-state index in [2.05, 4.69) is 15.9 Å². The fraction of sp³-hybridized carbons (Fsp3) is 0.333. The summed E-state index contributed by atoms with van der Waals surface area (Å²) in [5.74, 6) is -2.35. The third-order valence-corrected chi connectivity index (χ3v) is 3.67. The highest BCUT2D eigenvalue weighted by Gasteiger charge is 2.43. The summed E-state index contributed by atoms with van der Waals surface area (Å²) in [4.78, 5) is 24.4. The number of carbonyl (C=O) groups excluding carboxylic acids is 1. The molecule has 19 heavy (non-hydrogen) atoms. The predicted octanol–water partition coefficient (Wildman–Crippen LogP) is 1.22. The lowest BCUT2D eigenvalue weighted by Crippen LogP contribution is -2.50. The van der Waals surface area contributed by atoms with Gasteiger partial charge in [0.1, 0.15) is 11.4 Å². The van der Waals surface area contributed by atoms with E-state index < -0.39 is 23.2 Å². The van der Waals surface area contributed by atoms with Gasteiger partial charge in [0, 0.05) is 17.6 Å². The van der Waals surface area contributed by atoms with Gasteiger partial charge in [0.05, 0.1) is 5.56 Å². The van der Waals surface area contributed by atoms with Gasteiger partial charge in [-0.05, 0) is 24.6 Å². The molecule has 0 aliphatic carbocycles. The van der Waals surface area contributed by atoms with Crippen LogP contribution in [0.25, 0.3) is 0 Å². The Labute approximate surface area is 117 Å². The second-order valence-electron chi connectivity index (χ2n) is 4.56. The first-order chi connectivity index (χ1) is 8.83. The topological polar surface area (TPSA) is 83.6 Å². The van der Waals surface area contributed by atoms with Gasteiger partial charge in [-0.3, -0.25) is 9.59 Å². The molecule has 0 radical (unpaired) electrons. The Morgan fingerprint density at radius 1 is 1.47 bits per heavy atom. The number of rotatable bonds is 2. The summed E-state index contributed by atoms with van der Waals surface area (Å²) in [5.41, 5.74) is 4.15. The molecule has 1 atom stereocenters. The van der Waals surface area contributed by atoms with Crippen molar-refractivity contribution < 1.29 is 19.1 Å². The van der Waals surface area contributed by atoms with Crippen LogP contribution in [0.1, 0.15) is 16.8 Å². The number of nitrogens with two attached hydrogens (primary N) is 1. The molecule has 1 heterocycles. The smallest absolute Gasteiger partial charge is 0.325 e. The number of carbonyl (C=O) groups is 2. The summed E-state index contributed by atoms with van der Waals surface area (Å²) in [5, 5.41) is 8.99. The zero-order valence-corrected chi connectivity index (χ0v) is 11.5. The van der Waals surface area contributed by atoms with E-state index in [-0.39, 0.29) is 25.1 Å². The molecule has 7 heteroatoms. The predicted molar refractivity (Wildman–Crippen MR) is 69.2 cm³/mol. The second kappa shape index (κ2) is 4.90. The molecule has 1 amide bonds. The van der Waals surface area contributed by atoms with Crippen LogP contribution in [-0.4, -0.2) is 40.5 Å². The molecule has 1 aliphatic heterocycles. The lowest BCUT2D eigenvalue weighted by molar-refractivity contribution is -0.142. The molecular weight excluding hydrogens is 319 g/mol. The molecule has 1 fully saturated rings. The van der Waals surface area contributed by atoms with Crippen LogP contribution in [0, 0.1) is 5.82 Å². The first-order valence-corrected chi connectivity index (χ1v) is 6.39. The quantitative estimate of drug-likeness (QED) is 0.853. The van der Waals surface area contributed by atoms with E-state index in [9.17, 15) is 14.0 Å². The standard InChI is InChI=1S/C12H12BrFN2O3/c13-7-1-2-8(9(14)5-7)10(17)16-4-3-12(15,6-16)11(18)19/h1-2,5H,3-4,6,15H2,(H,18,19). The molecule has 5 nitrogen and oxygen atoms in total. The molecular formula is C12H12BrFN2O3. The van der Waals surface area contributed by atoms with E-state index in [1.807, 2.05) is 0 Å². The number of carboxylic acids is 1. The highest BCUT2D eigenvalue weighted by molar-refractivity contribution is 9.10. The van der Waals surface area contributed by atoms with Crippen LogP contribution in [0.15, 0.2) is 22.7 Å². The lowest BCUT2D eigenvalue weighted by atomic mass is 10.0. The first-order valence-electron chi connectivity index (χ1n) is 5.60. The average Bonchev–Trinajstić information content (AvgIpc) is 2.73. The SMILES string of the molecule is NC1(C(=O)O)CCN(C(=O)c2ccc(Br)cc2F)C1. The Morgan fingerprint density at radius 3 is 2.68 bits per heavy atom. The molecule has 1 saturated heterocycles. The molecule has 1 aliphatic rings. The molecule has 1 unspecified atom stereocenters. The number of hydrogen-bond acceptors (Lipinski definition) is 3. The highest BCUT2D eigenvalue weighted by atomic mass is 79.9. The second-order valence-corrected chi connectivity index (χ2v) is 5.48. The summed E-state index contributed by atoms with van der Waals surface area (Å²) in [6.07, 6.45) is 0.159. The highest BCUT2D eigenvalue weighted by Crippen LogP contribution is 2.23. The molecule has 0 aromatic heterocycles. The van der Waals surface area contributed by atoms with Gasteiger partial charge >= 0.3 is 5.97 Å². The van der Waals surface area contributed by atoms with E-state index in [0.29, 0.717) is 4.47 Å². The Hall–Kier alpha value is -1.47. The van der Waals surface area contributed by atoms with Gasteiger partial charge in [-0.2, -0.15) is 0 Å². The Kier molecular flexibility index (Phi) is 3.60. The number of likely N-dealkylation sites (tertiary alicyclic amines) is 1. The van der Waals surface area contributed by atoms with Crippen LogP contribution in [0.5, 0.6) is 0 Å². The van der Waals surface area contributed by atoms with E-state index in [0.717, 1.165) is 0 Å². The van der Waals surface area contributed by atoms with E-state index in [4.69, 9.17) is 10.8 Å². The van der Waals surface area contributed by atoms with E-state index in [1.165, 1.54) is 17.0 Å². The van der Waals surface area contributed by atoms with Gasteiger partial charge in [0.15, 0.2) is 0 Å². The van der Waals surface area contributed by atoms with Gasteiger partial charge in [-0.25, -0.2) is 4.39 Å². The van der Waals surface area contributed by atoms with Crippen molar-refractivity contribution in [2.24, 2.45) is 5.73 Å². The summed E-state index contributed by atoms with van der Waals surface area (Å²) in [6.45, 7) is 0.0911. The van der Waals surface area contributed by atoms with Crippen LogP contribution in [0.4, 0.5) is 4.39 Å². The van der Waals surface area contributed by atoms with Gasteiger partial charge in [0.2, 0.25) is 0 Å². The minimum atomic E-state index is -1.44. The van der Waals surface area contributed by atoms with E-state index >= 15 is 0 Å². The minimum absolute atomic E-state index is 0.0853. The summed E-state index contributed by atoms with van der Waals surface area (Å²) < 4.78 is 14.2. The minimum Gasteiger partial charge on any atom is -0.480 e. The van der Waals surface area contributed by atoms with Crippen LogP contribution in [-0.2, 0) is 4.79 Å². The summed E-state index contributed by atoms with van der Waals surface area (Å²) in [6, 6.07) is 4.11. The number of amides is 1. The van der Waals surface area contributed by atoms with Gasteiger partial charge in [-0.15, -0.1) is 0 Å². The Bertz CT molecular complexity index is 552. The van der Waals surface area contributed by atoms with Gasteiger partial charge in [-0.1, -0.05) is 15.9 Å². The maximum atomic E-state index is 13.7. The maximum Gasteiger partial charge on any atom is 0.325 e. The fourth-order valence-corrected chi connectivity index (χ4v) is 2.35. The third-order valence-electron chi connectivity index (χ3n) is 3.18. The van der Waals surface area contributed by atoms with Gasteiger partial charge < -0.3 is 15.7 Å². The third kappa shape index (κ3) is 2.62. The van der Waals surface area contributed by atoms with Crippen molar-refractivity contribution in [1.82, 2.24) is 4.90 Å². The van der Waals surface area contributed by atoms with Crippen LogP contribution in [0.2, 0.25) is 0 Å². The van der Waals surface area contributed by atoms with Crippen molar-refractivity contribution in [3.8, 4) is 0 Å². The molecule has 2 rings (SSSR count).